The Morgan fingerprint density at radius 1 is 1.19 bits per heavy atom. The Bertz CT molecular complexity index is 1030. The topological polar surface area (TPSA) is 117 Å². The van der Waals surface area contributed by atoms with Crippen LogP contribution in [0.2, 0.25) is 5.02 Å². The van der Waals surface area contributed by atoms with E-state index in [0.717, 1.165) is 4.68 Å². The number of tetrazole rings is 1. The van der Waals surface area contributed by atoms with E-state index in [0.29, 0.717) is 11.3 Å². The quantitative estimate of drug-likeness (QED) is 0.719. The zero-order chi connectivity index (χ0) is 18.8. The van der Waals surface area contributed by atoms with E-state index in [1.165, 1.54) is 18.8 Å². The van der Waals surface area contributed by atoms with E-state index in [1.54, 1.807) is 31.3 Å². The van der Waals surface area contributed by atoms with Crippen molar-refractivity contribution < 1.29 is 9.53 Å². The molecular weight excluding hydrogens is 362 g/mol. The summed E-state index contributed by atoms with van der Waals surface area (Å²) in [7, 11) is 4.54. The van der Waals surface area contributed by atoms with Crippen molar-refractivity contribution in [3.8, 4) is 16.9 Å². The molecule has 0 aliphatic heterocycles. The molecule has 0 aliphatic carbocycles. The highest BCUT2D eigenvalue weighted by Gasteiger charge is 2.22. The Morgan fingerprint density at radius 3 is 2.46 bits per heavy atom. The minimum atomic E-state index is -0.640. The Labute approximate surface area is 152 Å². The van der Waals surface area contributed by atoms with Gasteiger partial charge in [-0.1, -0.05) is 28.8 Å². The number of anilines is 1. The summed E-state index contributed by atoms with van der Waals surface area (Å²) < 4.78 is 7.43. The fraction of sp³-hybridized carbons (Fsp3) is 0.200. The lowest BCUT2D eigenvalue weighted by molar-refractivity contribution is 0.101. The first-order chi connectivity index (χ1) is 12.4. The van der Waals surface area contributed by atoms with Gasteiger partial charge in [-0.05, 0) is 28.1 Å². The van der Waals surface area contributed by atoms with Gasteiger partial charge in [0.15, 0.2) is 5.69 Å². The first-order valence-electron chi connectivity index (χ1n) is 7.37. The molecule has 0 atom stereocenters. The number of hydrogen-bond donors (Lipinski definition) is 1. The van der Waals surface area contributed by atoms with Gasteiger partial charge in [0, 0.05) is 14.1 Å². The molecule has 1 amide bonds. The van der Waals surface area contributed by atoms with E-state index >= 15 is 0 Å². The number of amides is 1. The van der Waals surface area contributed by atoms with Crippen molar-refractivity contribution in [2.45, 2.75) is 0 Å². The number of carbonyl (C=O) groups is 1. The maximum Gasteiger partial charge on any atom is 0.280 e. The van der Waals surface area contributed by atoms with Gasteiger partial charge in [-0.25, -0.2) is 9.36 Å². The summed E-state index contributed by atoms with van der Waals surface area (Å²) in [5, 5.41) is 17.1. The molecule has 0 radical (unpaired) electrons. The molecular formula is C15H14ClN7O3. The molecule has 3 rings (SSSR count). The van der Waals surface area contributed by atoms with Crippen molar-refractivity contribution in [3.05, 3.63) is 45.3 Å². The molecule has 10 nitrogen and oxygen atoms in total. The lowest BCUT2D eigenvalue weighted by atomic mass is 10.1. The van der Waals surface area contributed by atoms with E-state index in [1.807, 2.05) is 0 Å². The number of benzene rings is 1. The van der Waals surface area contributed by atoms with E-state index in [2.05, 4.69) is 25.9 Å². The molecule has 26 heavy (non-hydrogen) atoms. The van der Waals surface area contributed by atoms with Crippen LogP contribution in [0.1, 0.15) is 10.5 Å². The van der Waals surface area contributed by atoms with Crippen LogP contribution >= 0.6 is 11.6 Å². The molecule has 1 aromatic carbocycles. The number of aryl methyl sites for hydroxylation is 2. The summed E-state index contributed by atoms with van der Waals surface area (Å²) >= 11 is 6.34. The van der Waals surface area contributed by atoms with E-state index in [4.69, 9.17) is 16.3 Å². The minimum absolute atomic E-state index is 0.0640. The summed E-state index contributed by atoms with van der Waals surface area (Å²) in [6.45, 7) is 0. The average molecular weight is 376 g/mol. The zero-order valence-electron chi connectivity index (χ0n) is 14.1. The lowest BCUT2D eigenvalue weighted by Gasteiger charge is -2.11. The Balaban J connectivity index is 2.07. The second-order valence-corrected chi connectivity index (χ2v) is 5.65. The van der Waals surface area contributed by atoms with Crippen LogP contribution < -0.4 is 15.6 Å². The number of hydrogen-bond acceptors (Lipinski definition) is 7. The first kappa shape index (κ1) is 17.5. The van der Waals surface area contributed by atoms with E-state index < -0.39 is 11.5 Å². The molecule has 0 bridgehead atoms. The van der Waals surface area contributed by atoms with Crippen LogP contribution in [0.4, 0.5) is 5.95 Å². The fourth-order valence-electron chi connectivity index (χ4n) is 2.26. The van der Waals surface area contributed by atoms with E-state index in [9.17, 15) is 9.59 Å². The molecule has 0 saturated heterocycles. The minimum Gasteiger partial charge on any atom is -0.497 e. The number of nitrogens with one attached hydrogen (secondary N) is 1. The fourth-order valence-corrected chi connectivity index (χ4v) is 2.58. The van der Waals surface area contributed by atoms with Gasteiger partial charge in [-0.3, -0.25) is 14.9 Å². The predicted octanol–water partition coefficient (Wildman–Crippen LogP) is 0.885. The standard InChI is InChI=1S/C15H14ClN7O3/c1-22-14(25)10(8-4-6-9(26-3)7-5-8)11(16)12(19-22)13(24)17-15-18-20-21-23(15)2/h4-7H,1-3H3,(H,17,18,21,24). The van der Waals surface area contributed by atoms with Crippen molar-refractivity contribution in [2.75, 3.05) is 12.4 Å². The first-order valence-corrected chi connectivity index (χ1v) is 7.75. The van der Waals surface area contributed by atoms with Crippen LogP contribution in [-0.4, -0.2) is 43.0 Å². The molecule has 0 fully saturated rings. The summed E-state index contributed by atoms with van der Waals surface area (Å²) in [4.78, 5) is 25.0. The van der Waals surface area contributed by atoms with Crippen LogP contribution in [0.25, 0.3) is 11.1 Å². The molecule has 1 N–H and O–H groups in total. The molecule has 2 aromatic heterocycles. The second-order valence-electron chi connectivity index (χ2n) is 5.28. The number of rotatable bonds is 4. The van der Waals surface area contributed by atoms with Gasteiger partial charge in [-0.2, -0.15) is 5.10 Å². The average Bonchev–Trinajstić information content (AvgIpc) is 3.03. The SMILES string of the molecule is COc1ccc(-c2c(Cl)c(C(=O)Nc3nnnn3C)nn(C)c2=O)cc1. The Kier molecular flexibility index (Phi) is 4.67. The van der Waals surface area contributed by atoms with Gasteiger partial charge >= 0.3 is 0 Å². The van der Waals surface area contributed by atoms with Gasteiger partial charge in [0.25, 0.3) is 11.5 Å². The second kappa shape index (κ2) is 6.92. The van der Waals surface area contributed by atoms with Gasteiger partial charge in [0.05, 0.1) is 17.7 Å². The molecule has 0 spiro atoms. The van der Waals surface area contributed by atoms with Gasteiger partial charge < -0.3 is 4.74 Å². The third-order valence-electron chi connectivity index (χ3n) is 3.62. The Hall–Kier alpha value is -3.27. The molecule has 134 valence electrons. The normalized spacial score (nSPS) is 10.6. The van der Waals surface area contributed by atoms with Crippen LogP contribution in [0.3, 0.4) is 0 Å². The van der Waals surface area contributed by atoms with Gasteiger partial charge in [0.1, 0.15) is 5.75 Å². The van der Waals surface area contributed by atoms with Crippen LogP contribution in [0.15, 0.2) is 29.1 Å². The molecule has 2 heterocycles. The zero-order valence-corrected chi connectivity index (χ0v) is 14.9. The van der Waals surface area contributed by atoms with Crippen molar-refractivity contribution >= 4 is 23.5 Å². The van der Waals surface area contributed by atoms with E-state index in [-0.39, 0.29) is 22.2 Å². The Morgan fingerprint density at radius 2 is 1.88 bits per heavy atom. The molecule has 0 aliphatic rings. The monoisotopic (exact) mass is 375 g/mol. The van der Waals surface area contributed by atoms with Crippen LogP contribution in [0.5, 0.6) is 5.75 Å². The summed E-state index contributed by atoms with van der Waals surface area (Å²) in [6, 6.07) is 6.73. The lowest BCUT2D eigenvalue weighted by Crippen LogP contribution is -2.27. The van der Waals surface area contributed by atoms with Crippen molar-refractivity contribution in [1.29, 1.82) is 0 Å². The van der Waals surface area contributed by atoms with Crippen molar-refractivity contribution in [3.63, 3.8) is 0 Å². The number of halogens is 1. The highest BCUT2D eigenvalue weighted by atomic mass is 35.5. The van der Waals surface area contributed by atoms with Crippen molar-refractivity contribution in [1.82, 2.24) is 30.0 Å². The molecule has 0 unspecified atom stereocenters. The number of nitrogens with zero attached hydrogens (tertiary/aromatic N) is 6. The maximum atomic E-state index is 12.5. The third-order valence-corrected chi connectivity index (χ3v) is 3.99. The largest absolute Gasteiger partial charge is 0.497 e. The predicted molar refractivity (Wildman–Crippen MR) is 93.2 cm³/mol. The third kappa shape index (κ3) is 3.14. The summed E-state index contributed by atoms with van der Waals surface area (Å²) in [5.74, 6) is 0.106. The molecule has 0 saturated carbocycles. The summed E-state index contributed by atoms with van der Waals surface area (Å²) in [5.41, 5.74) is 0.140. The van der Waals surface area contributed by atoms with Crippen LogP contribution in [0, 0.1) is 0 Å². The number of ether oxygens (including phenoxy) is 1. The van der Waals surface area contributed by atoms with Gasteiger partial charge in [-0.15, -0.1) is 0 Å². The number of carbonyl (C=O) groups excluding carboxylic acids is 1. The van der Waals surface area contributed by atoms with Crippen LogP contribution in [-0.2, 0) is 14.1 Å². The highest BCUT2D eigenvalue weighted by molar-refractivity contribution is 6.36. The highest BCUT2D eigenvalue weighted by Crippen LogP contribution is 2.28. The van der Waals surface area contributed by atoms with Crippen molar-refractivity contribution in [2.24, 2.45) is 14.1 Å². The summed E-state index contributed by atoms with van der Waals surface area (Å²) in [6.07, 6.45) is 0. The smallest absolute Gasteiger partial charge is 0.280 e. The number of aromatic nitrogens is 6. The molecule has 3 aromatic rings. The van der Waals surface area contributed by atoms with Gasteiger partial charge in [0.2, 0.25) is 5.95 Å². The molecule has 11 heteroatoms. The maximum absolute atomic E-state index is 12.5. The number of methoxy groups -OCH3 is 1.